The summed E-state index contributed by atoms with van der Waals surface area (Å²) in [7, 11) is 1.70. The first-order valence-corrected chi connectivity index (χ1v) is 6.57. The van der Waals surface area contributed by atoms with Gasteiger partial charge in [0.15, 0.2) is 5.54 Å². The molecule has 0 unspecified atom stereocenters. The number of nitrogens with zero attached hydrogens (tertiary/aromatic N) is 3. The molecular weight excluding hydrogens is 242 g/mol. The molecule has 2 aliphatic heterocycles. The van der Waals surface area contributed by atoms with E-state index < -0.39 is 5.54 Å². The fraction of sp³-hybridized carbons (Fsp3) is 0.500. The number of hydrogen-bond donors (Lipinski definition) is 0. The van der Waals surface area contributed by atoms with Crippen molar-refractivity contribution in [1.29, 1.82) is 0 Å². The zero-order valence-corrected chi connectivity index (χ0v) is 11.2. The molecule has 0 radical (unpaired) electrons. The summed E-state index contributed by atoms with van der Waals surface area (Å²) in [5, 5.41) is 0. The molecule has 3 heterocycles. The topological polar surface area (TPSA) is 53.5 Å². The predicted octanol–water partition coefficient (Wildman–Crippen LogP) is 0.760. The number of fused-ring (bicyclic) bond motifs is 1. The summed E-state index contributed by atoms with van der Waals surface area (Å²) < 4.78 is 0. The highest BCUT2D eigenvalue weighted by Gasteiger charge is 2.54. The molecule has 0 N–H and O–H groups in total. The Balaban J connectivity index is 2.09. The Morgan fingerprint density at radius 1 is 1.37 bits per heavy atom. The summed E-state index contributed by atoms with van der Waals surface area (Å²) in [5.74, 6) is 0.000975. The van der Waals surface area contributed by atoms with Gasteiger partial charge < -0.3 is 9.80 Å². The number of rotatable bonds is 1. The molecule has 0 aromatic carbocycles. The van der Waals surface area contributed by atoms with E-state index in [1.165, 1.54) is 0 Å². The van der Waals surface area contributed by atoms with Crippen LogP contribution in [0, 0.1) is 0 Å². The number of pyridine rings is 1. The van der Waals surface area contributed by atoms with Gasteiger partial charge in [0.25, 0.3) is 5.91 Å². The number of hydrogen-bond acceptors (Lipinski definition) is 3. The lowest BCUT2D eigenvalue weighted by Crippen LogP contribution is -2.66. The van der Waals surface area contributed by atoms with Crippen LogP contribution < -0.4 is 0 Å². The van der Waals surface area contributed by atoms with E-state index in [0.717, 1.165) is 12.8 Å². The Morgan fingerprint density at radius 3 is 2.84 bits per heavy atom. The van der Waals surface area contributed by atoms with E-state index >= 15 is 0 Å². The Kier molecular flexibility index (Phi) is 2.59. The Labute approximate surface area is 112 Å². The minimum atomic E-state index is -0.987. The number of amides is 2. The maximum Gasteiger partial charge on any atom is 0.255 e. The summed E-state index contributed by atoms with van der Waals surface area (Å²) in [6, 6.07) is 5.18. The van der Waals surface area contributed by atoms with E-state index in [-0.39, 0.29) is 17.9 Å². The molecule has 3 rings (SSSR count). The number of piperazine rings is 1. The van der Waals surface area contributed by atoms with E-state index in [9.17, 15) is 9.59 Å². The molecule has 0 aliphatic carbocycles. The monoisotopic (exact) mass is 259 g/mol. The van der Waals surface area contributed by atoms with Gasteiger partial charge in [-0.05, 0) is 31.9 Å². The van der Waals surface area contributed by atoms with Crippen LogP contribution in [0.15, 0.2) is 24.4 Å². The number of likely N-dealkylation sites (N-methyl/N-ethyl adjacent to an activating group) is 1. The van der Waals surface area contributed by atoms with Crippen molar-refractivity contribution in [3.63, 3.8) is 0 Å². The van der Waals surface area contributed by atoms with Gasteiger partial charge in [-0.15, -0.1) is 0 Å². The zero-order chi connectivity index (χ0) is 13.6. The zero-order valence-electron chi connectivity index (χ0n) is 11.2. The Bertz CT molecular complexity index is 531. The molecule has 19 heavy (non-hydrogen) atoms. The van der Waals surface area contributed by atoms with Crippen molar-refractivity contribution in [2.75, 3.05) is 13.6 Å². The van der Waals surface area contributed by atoms with E-state index in [1.807, 2.05) is 6.07 Å². The van der Waals surface area contributed by atoms with Crippen molar-refractivity contribution in [3.8, 4) is 0 Å². The molecule has 1 aromatic rings. The fourth-order valence-electron chi connectivity index (χ4n) is 3.07. The van der Waals surface area contributed by atoms with Gasteiger partial charge in [0, 0.05) is 19.8 Å². The maximum atomic E-state index is 12.8. The summed E-state index contributed by atoms with van der Waals surface area (Å²) in [6.45, 7) is 2.45. The molecule has 2 amide bonds. The van der Waals surface area contributed by atoms with Crippen molar-refractivity contribution >= 4 is 11.8 Å². The number of aromatic nitrogens is 1. The van der Waals surface area contributed by atoms with Gasteiger partial charge in [-0.25, -0.2) is 0 Å². The first kappa shape index (κ1) is 12.1. The molecule has 2 fully saturated rings. The third-order valence-electron chi connectivity index (χ3n) is 4.38. The molecule has 2 aliphatic rings. The molecule has 2 saturated heterocycles. The second-order valence-corrected chi connectivity index (χ2v) is 5.34. The quantitative estimate of drug-likeness (QED) is 0.748. The summed E-state index contributed by atoms with van der Waals surface area (Å²) in [6.07, 6.45) is 3.32. The van der Waals surface area contributed by atoms with Crippen LogP contribution in [0.2, 0.25) is 0 Å². The first-order valence-electron chi connectivity index (χ1n) is 6.57. The van der Waals surface area contributed by atoms with Crippen molar-refractivity contribution in [3.05, 3.63) is 30.1 Å². The lowest BCUT2D eigenvalue weighted by molar-refractivity contribution is -0.166. The molecule has 2 atom stereocenters. The van der Waals surface area contributed by atoms with Gasteiger partial charge in [-0.3, -0.25) is 14.6 Å². The number of carbonyl (C=O) groups excluding carboxylic acids is 2. The third-order valence-corrected chi connectivity index (χ3v) is 4.38. The molecule has 0 spiro atoms. The predicted molar refractivity (Wildman–Crippen MR) is 69.1 cm³/mol. The van der Waals surface area contributed by atoms with Gasteiger partial charge in [0.2, 0.25) is 5.91 Å². The van der Waals surface area contributed by atoms with Crippen LogP contribution in [0.4, 0.5) is 0 Å². The second-order valence-electron chi connectivity index (χ2n) is 5.34. The van der Waals surface area contributed by atoms with Crippen LogP contribution in [0.1, 0.15) is 25.5 Å². The van der Waals surface area contributed by atoms with Crippen molar-refractivity contribution in [2.45, 2.75) is 31.3 Å². The maximum absolute atomic E-state index is 12.8. The van der Waals surface area contributed by atoms with Gasteiger partial charge in [0.05, 0.1) is 5.69 Å². The van der Waals surface area contributed by atoms with Gasteiger partial charge in [0.1, 0.15) is 6.04 Å². The van der Waals surface area contributed by atoms with Crippen LogP contribution in [0.3, 0.4) is 0 Å². The van der Waals surface area contributed by atoms with Crippen molar-refractivity contribution < 1.29 is 9.59 Å². The van der Waals surface area contributed by atoms with Gasteiger partial charge >= 0.3 is 0 Å². The molecule has 100 valence electrons. The normalized spacial score (nSPS) is 30.7. The summed E-state index contributed by atoms with van der Waals surface area (Å²) in [4.78, 5) is 32.8. The SMILES string of the molecule is CN1C(=O)[C@@H]2CCCN2C(=O)[C@]1(C)c1ccccn1. The smallest absolute Gasteiger partial charge is 0.255 e. The first-order chi connectivity index (χ1) is 9.06. The van der Waals surface area contributed by atoms with Crippen molar-refractivity contribution in [2.24, 2.45) is 0 Å². The summed E-state index contributed by atoms with van der Waals surface area (Å²) >= 11 is 0. The van der Waals surface area contributed by atoms with E-state index in [0.29, 0.717) is 12.2 Å². The van der Waals surface area contributed by atoms with E-state index in [1.54, 1.807) is 42.1 Å². The molecule has 0 saturated carbocycles. The Hall–Kier alpha value is -1.91. The fourth-order valence-corrected chi connectivity index (χ4v) is 3.07. The van der Waals surface area contributed by atoms with Crippen LogP contribution in [-0.4, -0.2) is 46.2 Å². The largest absolute Gasteiger partial charge is 0.328 e. The molecule has 5 heteroatoms. The summed E-state index contributed by atoms with van der Waals surface area (Å²) in [5.41, 5.74) is -0.361. The lowest BCUT2D eigenvalue weighted by Gasteiger charge is -2.46. The second kappa shape index (κ2) is 4.05. The molecule has 0 bridgehead atoms. The molecule has 5 nitrogen and oxygen atoms in total. The standard InChI is InChI=1S/C14H17N3O2/c1-14(11-7-3-4-8-15-11)13(19)17-9-5-6-10(17)12(18)16(14)2/h3-4,7-8,10H,5-6,9H2,1-2H3/t10-,14-/m0/s1. The van der Waals surface area contributed by atoms with E-state index in [4.69, 9.17) is 0 Å². The van der Waals surface area contributed by atoms with Crippen LogP contribution >= 0.6 is 0 Å². The van der Waals surface area contributed by atoms with Gasteiger partial charge in [-0.1, -0.05) is 6.07 Å². The average molecular weight is 259 g/mol. The number of carbonyl (C=O) groups is 2. The van der Waals surface area contributed by atoms with Crippen LogP contribution in [-0.2, 0) is 15.1 Å². The lowest BCUT2D eigenvalue weighted by atomic mass is 9.89. The minimum absolute atomic E-state index is 0.0178. The third kappa shape index (κ3) is 1.50. The minimum Gasteiger partial charge on any atom is -0.328 e. The van der Waals surface area contributed by atoms with Crippen LogP contribution in [0.25, 0.3) is 0 Å². The highest BCUT2D eigenvalue weighted by molar-refractivity contribution is 6.00. The molecular formula is C14H17N3O2. The van der Waals surface area contributed by atoms with E-state index in [2.05, 4.69) is 4.98 Å². The highest BCUT2D eigenvalue weighted by atomic mass is 16.2. The van der Waals surface area contributed by atoms with Crippen molar-refractivity contribution in [1.82, 2.24) is 14.8 Å². The average Bonchev–Trinajstić information content (AvgIpc) is 2.93. The molecule has 1 aromatic heterocycles. The highest BCUT2D eigenvalue weighted by Crippen LogP contribution is 2.37. The Morgan fingerprint density at radius 2 is 2.16 bits per heavy atom. The van der Waals surface area contributed by atoms with Gasteiger partial charge in [-0.2, -0.15) is 0 Å². The van der Waals surface area contributed by atoms with Crippen LogP contribution in [0.5, 0.6) is 0 Å².